The highest BCUT2D eigenvalue weighted by Crippen LogP contribution is 2.33. The Balaban J connectivity index is 1.41. The molecule has 0 unspecified atom stereocenters. The number of hydrogen-bond donors (Lipinski definition) is 1. The van der Waals surface area contributed by atoms with E-state index in [1.807, 2.05) is 71.8 Å². The minimum atomic E-state index is 0.0203. The number of nitrogens with one attached hydrogen (secondary N) is 1. The maximum atomic E-state index is 13.3. The summed E-state index contributed by atoms with van der Waals surface area (Å²) < 4.78 is 0. The highest BCUT2D eigenvalue weighted by Gasteiger charge is 2.32. The Kier molecular flexibility index (Phi) is 5.90. The number of thioether (sulfide) groups is 1. The van der Waals surface area contributed by atoms with Gasteiger partial charge in [0.15, 0.2) is 5.17 Å². The molecular weight excluding hydrogens is 414 g/mol. The van der Waals surface area contributed by atoms with Crippen LogP contribution in [0.1, 0.15) is 16.7 Å². The summed E-state index contributed by atoms with van der Waals surface area (Å²) in [7, 11) is 0. The minimum absolute atomic E-state index is 0.0203. The summed E-state index contributed by atoms with van der Waals surface area (Å²) in [4.78, 5) is 23.9. The van der Waals surface area contributed by atoms with Gasteiger partial charge < -0.3 is 4.98 Å². The fraction of sp³-hybridized carbons (Fsp3) is 0.111. The van der Waals surface area contributed by atoms with E-state index in [1.165, 1.54) is 17.3 Å². The van der Waals surface area contributed by atoms with Crippen molar-refractivity contribution in [3.8, 4) is 0 Å². The molecule has 1 aliphatic rings. The molecule has 5 rings (SSSR count). The SMILES string of the molecule is O=C1/C(=C/c2ccc3[nH]ccc3c2)S/C(=N\Cc2ccccc2)N1CCc1ccccc1. The lowest BCUT2D eigenvalue weighted by atomic mass is 10.1. The summed E-state index contributed by atoms with van der Waals surface area (Å²) in [5, 5.41) is 1.90. The van der Waals surface area contributed by atoms with Gasteiger partial charge in [0.05, 0.1) is 11.4 Å². The number of rotatable bonds is 6. The topological polar surface area (TPSA) is 48.5 Å². The maximum Gasteiger partial charge on any atom is 0.266 e. The third-order valence-corrected chi connectivity index (χ3v) is 6.51. The molecule has 1 aromatic heterocycles. The van der Waals surface area contributed by atoms with Crippen LogP contribution in [0, 0.1) is 0 Å². The number of benzene rings is 3. The van der Waals surface area contributed by atoms with Crippen molar-refractivity contribution in [1.29, 1.82) is 0 Å². The zero-order valence-electron chi connectivity index (χ0n) is 17.6. The van der Waals surface area contributed by atoms with Gasteiger partial charge in [-0.3, -0.25) is 14.7 Å². The molecule has 0 bridgehead atoms. The molecule has 1 amide bonds. The number of hydrogen-bond acceptors (Lipinski definition) is 3. The monoisotopic (exact) mass is 437 g/mol. The summed E-state index contributed by atoms with van der Waals surface area (Å²) >= 11 is 1.46. The second-order valence-electron chi connectivity index (χ2n) is 7.71. The Hall–Kier alpha value is -3.57. The number of aromatic nitrogens is 1. The highest BCUT2D eigenvalue weighted by molar-refractivity contribution is 8.18. The molecule has 1 aliphatic heterocycles. The third kappa shape index (κ3) is 4.53. The van der Waals surface area contributed by atoms with E-state index >= 15 is 0 Å². The van der Waals surface area contributed by atoms with Gasteiger partial charge in [0.1, 0.15) is 0 Å². The van der Waals surface area contributed by atoms with Gasteiger partial charge in [-0.25, -0.2) is 0 Å². The van der Waals surface area contributed by atoms with Gasteiger partial charge >= 0.3 is 0 Å². The van der Waals surface area contributed by atoms with E-state index in [2.05, 4.69) is 35.3 Å². The Morgan fingerprint density at radius 1 is 0.906 bits per heavy atom. The van der Waals surface area contributed by atoms with Crippen LogP contribution in [0.4, 0.5) is 0 Å². The number of amides is 1. The van der Waals surface area contributed by atoms with Crippen LogP contribution in [0.3, 0.4) is 0 Å². The van der Waals surface area contributed by atoms with Crippen molar-refractivity contribution in [2.24, 2.45) is 4.99 Å². The number of nitrogens with zero attached hydrogens (tertiary/aromatic N) is 2. The molecule has 4 aromatic rings. The third-order valence-electron chi connectivity index (χ3n) is 5.47. The lowest BCUT2D eigenvalue weighted by molar-refractivity contribution is -0.122. The van der Waals surface area contributed by atoms with Crippen LogP contribution >= 0.6 is 11.8 Å². The number of carbonyl (C=O) groups excluding carboxylic acids is 1. The molecule has 5 heteroatoms. The fourth-order valence-electron chi connectivity index (χ4n) is 3.76. The van der Waals surface area contributed by atoms with E-state index in [0.29, 0.717) is 18.0 Å². The molecule has 32 heavy (non-hydrogen) atoms. The number of amidine groups is 1. The molecule has 4 nitrogen and oxygen atoms in total. The summed E-state index contributed by atoms with van der Waals surface area (Å²) in [6, 6.07) is 28.6. The molecule has 0 saturated carbocycles. The van der Waals surface area contributed by atoms with Crippen molar-refractivity contribution in [2.45, 2.75) is 13.0 Å². The van der Waals surface area contributed by atoms with E-state index in [9.17, 15) is 4.79 Å². The van der Waals surface area contributed by atoms with Crippen LogP contribution in [0.25, 0.3) is 17.0 Å². The fourth-order valence-corrected chi connectivity index (χ4v) is 4.77. The first-order chi connectivity index (χ1) is 15.8. The Bertz CT molecular complexity index is 1290. The van der Waals surface area contributed by atoms with Gasteiger partial charge in [-0.1, -0.05) is 66.7 Å². The molecule has 1 saturated heterocycles. The number of aromatic amines is 1. The molecule has 3 aromatic carbocycles. The van der Waals surface area contributed by atoms with Crippen molar-refractivity contribution in [3.63, 3.8) is 0 Å². The van der Waals surface area contributed by atoms with E-state index < -0.39 is 0 Å². The molecule has 2 heterocycles. The van der Waals surface area contributed by atoms with Gasteiger partial charge in [-0.05, 0) is 64.5 Å². The Labute approximate surface area is 191 Å². The molecule has 0 atom stereocenters. The normalized spacial score (nSPS) is 16.5. The van der Waals surface area contributed by atoms with Crippen molar-refractivity contribution in [1.82, 2.24) is 9.88 Å². The van der Waals surface area contributed by atoms with Crippen molar-refractivity contribution in [2.75, 3.05) is 6.54 Å². The minimum Gasteiger partial charge on any atom is -0.361 e. The average molecular weight is 438 g/mol. The van der Waals surface area contributed by atoms with Crippen LogP contribution in [-0.4, -0.2) is 27.5 Å². The van der Waals surface area contributed by atoms with Gasteiger partial charge in [-0.15, -0.1) is 0 Å². The first-order valence-corrected chi connectivity index (χ1v) is 11.5. The zero-order chi connectivity index (χ0) is 21.8. The standard InChI is InChI=1S/C27H23N3OS/c31-26-25(18-22-11-12-24-23(17-22)13-15-28-24)32-27(29-19-21-9-5-2-6-10-21)30(26)16-14-20-7-3-1-4-8-20/h1-13,15,17-18,28H,14,16,19H2/b25-18-,29-27-. The molecule has 1 fully saturated rings. The van der Waals surface area contributed by atoms with Crippen molar-refractivity contribution < 1.29 is 4.79 Å². The van der Waals surface area contributed by atoms with Gasteiger partial charge in [-0.2, -0.15) is 0 Å². The van der Waals surface area contributed by atoms with Crippen LogP contribution < -0.4 is 0 Å². The number of aliphatic imine (C=N–C) groups is 1. The van der Waals surface area contributed by atoms with Gasteiger partial charge in [0.25, 0.3) is 5.91 Å². The Morgan fingerprint density at radius 2 is 1.66 bits per heavy atom. The quantitative estimate of drug-likeness (QED) is 0.383. The van der Waals surface area contributed by atoms with Gasteiger partial charge in [0.2, 0.25) is 0 Å². The molecule has 0 spiro atoms. The second kappa shape index (κ2) is 9.28. The predicted octanol–water partition coefficient (Wildman–Crippen LogP) is 5.88. The molecule has 158 valence electrons. The predicted molar refractivity (Wildman–Crippen MR) is 133 cm³/mol. The molecule has 0 aliphatic carbocycles. The zero-order valence-corrected chi connectivity index (χ0v) is 18.4. The lowest BCUT2D eigenvalue weighted by Gasteiger charge is -2.15. The number of H-pyrrole nitrogens is 1. The smallest absolute Gasteiger partial charge is 0.266 e. The Morgan fingerprint density at radius 3 is 2.44 bits per heavy atom. The van der Waals surface area contributed by atoms with E-state index in [1.54, 1.807) is 0 Å². The summed E-state index contributed by atoms with van der Waals surface area (Å²) in [5.41, 5.74) is 4.45. The van der Waals surface area contributed by atoms with E-state index in [4.69, 9.17) is 4.99 Å². The first kappa shape index (κ1) is 20.3. The van der Waals surface area contributed by atoms with E-state index in [0.717, 1.165) is 33.6 Å². The summed E-state index contributed by atoms with van der Waals surface area (Å²) in [6.07, 6.45) is 4.69. The van der Waals surface area contributed by atoms with Crippen LogP contribution in [-0.2, 0) is 17.8 Å². The largest absolute Gasteiger partial charge is 0.361 e. The maximum absolute atomic E-state index is 13.3. The first-order valence-electron chi connectivity index (χ1n) is 10.7. The second-order valence-corrected chi connectivity index (χ2v) is 8.72. The van der Waals surface area contributed by atoms with Crippen molar-refractivity contribution in [3.05, 3.63) is 113 Å². The molecule has 1 N–H and O–H groups in total. The number of carbonyl (C=O) groups is 1. The summed E-state index contributed by atoms with van der Waals surface area (Å²) in [6.45, 7) is 1.17. The molecular formula is C27H23N3OS. The van der Waals surface area contributed by atoms with Crippen LogP contribution in [0.15, 0.2) is 101 Å². The van der Waals surface area contributed by atoms with Crippen molar-refractivity contribution >= 4 is 39.8 Å². The van der Waals surface area contributed by atoms with Crippen LogP contribution in [0.2, 0.25) is 0 Å². The average Bonchev–Trinajstić information content (AvgIpc) is 3.42. The number of fused-ring (bicyclic) bond motifs is 1. The summed E-state index contributed by atoms with van der Waals surface area (Å²) in [5.74, 6) is 0.0203. The van der Waals surface area contributed by atoms with E-state index in [-0.39, 0.29) is 5.91 Å². The van der Waals surface area contributed by atoms with Crippen LogP contribution in [0.5, 0.6) is 0 Å². The molecule has 0 radical (unpaired) electrons. The highest BCUT2D eigenvalue weighted by atomic mass is 32.2. The lowest BCUT2D eigenvalue weighted by Crippen LogP contribution is -2.31. The van der Waals surface area contributed by atoms with Gasteiger partial charge in [0, 0.05) is 18.3 Å².